The minimum absolute atomic E-state index is 0.0764. The topological polar surface area (TPSA) is 42.4 Å². The number of hydrogen-bond acceptors (Lipinski definition) is 4. The molecule has 0 radical (unpaired) electrons. The van der Waals surface area contributed by atoms with E-state index in [-0.39, 0.29) is 12.6 Å². The van der Waals surface area contributed by atoms with E-state index in [1.807, 2.05) is 30.0 Å². The summed E-state index contributed by atoms with van der Waals surface area (Å²) in [5, 5.41) is 0. The summed E-state index contributed by atoms with van der Waals surface area (Å²) in [6.45, 7) is 2.81. The van der Waals surface area contributed by atoms with Crippen LogP contribution in [0.2, 0.25) is 0 Å². The van der Waals surface area contributed by atoms with Gasteiger partial charge in [-0.15, -0.1) is 0 Å². The summed E-state index contributed by atoms with van der Waals surface area (Å²) >= 11 is 0. The van der Waals surface area contributed by atoms with Gasteiger partial charge in [0.1, 0.15) is 0 Å². The van der Waals surface area contributed by atoms with E-state index in [0.717, 1.165) is 30.8 Å². The Labute approximate surface area is 112 Å². The molecule has 2 rings (SSSR count). The fourth-order valence-corrected chi connectivity index (χ4v) is 2.54. The number of esters is 1. The number of alkyl halides is 1. The maximum Gasteiger partial charge on any atom is 0.341 e. The molecule has 104 valence electrons. The molecule has 0 unspecified atom stereocenters. The number of hydrogen-bond donors (Lipinski definition) is 0. The molecule has 0 aliphatic carbocycles. The van der Waals surface area contributed by atoms with Gasteiger partial charge in [0.2, 0.25) is 6.17 Å². The van der Waals surface area contributed by atoms with Gasteiger partial charge in [-0.05, 0) is 38.4 Å². The van der Waals surface area contributed by atoms with Crippen molar-refractivity contribution in [3.63, 3.8) is 0 Å². The lowest BCUT2D eigenvalue weighted by molar-refractivity contribution is -0.147. The molecule has 1 aromatic rings. The van der Waals surface area contributed by atoms with Crippen LogP contribution in [0.15, 0.2) is 18.2 Å². The highest BCUT2D eigenvalue weighted by atomic mass is 19.1. The van der Waals surface area contributed by atoms with Crippen LogP contribution in [0.4, 0.5) is 4.39 Å². The highest BCUT2D eigenvalue weighted by Crippen LogP contribution is 2.31. The largest absolute Gasteiger partial charge is 0.467 e. The highest BCUT2D eigenvalue weighted by Gasteiger charge is 2.31. The molecule has 0 spiro atoms. The van der Waals surface area contributed by atoms with Gasteiger partial charge in [-0.25, -0.2) is 9.18 Å². The van der Waals surface area contributed by atoms with Crippen LogP contribution in [0.25, 0.3) is 0 Å². The first kappa shape index (κ1) is 13.9. The Morgan fingerprint density at radius 1 is 1.63 bits per heavy atom. The van der Waals surface area contributed by atoms with Gasteiger partial charge in [0, 0.05) is 12.2 Å². The van der Waals surface area contributed by atoms with E-state index in [4.69, 9.17) is 0 Å². The SMILES string of the molecule is COC(=O)[C@H](F)CN1CCC[C@@H]1c1cccc(C)n1. The van der Waals surface area contributed by atoms with Crippen molar-refractivity contribution < 1.29 is 13.9 Å². The third-order valence-corrected chi connectivity index (χ3v) is 3.47. The van der Waals surface area contributed by atoms with Gasteiger partial charge in [-0.2, -0.15) is 0 Å². The number of likely N-dealkylation sites (tertiary alicyclic amines) is 1. The van der Waals surface area contributed by atoms with Crippen molar-refractivity contribution in [2.45, 2.75) is 32.0 Å². The molecule has 1 fully saturated rings. The molecule has 19 heavy (non-hydrogen) atoms. The zero-order valence-electron chi connectivity index (χ0n) is 11.3. The van der Waals surface area contributed by atoms with E-state index in [1.54, 1.807) is 0 Å². The van der Waals surface area contributed by atoms with Crippen LogP contribution in [0.1, 0.15) is 30.3 Å². The van der Waals surface area contributed by atoms with Crippen molar-refractivity contribution in [3.05, 3.63) is 29.6 Å². The lowest BCUT2D eigenvalue weighted by Crippen LogP contribution is -2.35. The molecule has 2 atom stereocenters. The van der Waals surface area contributed by atoms with E-state index in [1.165, 1.54) is 7.11 Å². The first-order valence-electron chi connectivity index (χ1n) is 6.51. The summed E-state index contributed by atoms with van der Waals surface area (Å²) in [5.41, 5.74) is 1.91. The van der Waals surface area contributed by atoms with Crippen LogP contribution >= 0.6 is 0 Å². The Morgan fingerprint density at radius 2 is 2.42 bits per heavy atom. The Balaban J connectivity index is 2.07. The standard InChI is InChI=1S/C14H19FN2O2/c1-10-5-3-6-12(16-10)13-7-4-8-17(13)9-11(15)14(18)19-2/h3,5-6,11,13H,4,7-9H2,1-2H3/t11-,13-/m1/s1. The van der Waals surface area contributed by atoms with Crippen molar-refractivity contribution in [3.8, 4) is 0 Å². The van der Waals surface area contributed by atoms with Crippen LogP contribution in [0, 0.1) is 6.92 Å². The first-order valence-corrected chi connectivity index (χ1v) is 6.51. The fraction of sp³-hybridized carbons (Fsp3) is 0.571. The van der Waals surface area contributed by atoms with Crippen molar-refractivity contribution in [2.75, 3.05) is 20.2 Å². The van der Waals surface area contributed by atoms with Gasteiger partial charge < -0.3 is 4.74 Å². The second-order valence-corrected chi connectivity index (χ2v) is 4.85. The number of ether oxygens (including phenoxy) is 1. The minimum Gasteiger partial charge on any atom is -0.467 e. The zero-order valence-corrected chi connectivity index (χ0v) is 11.3. The predicted octanol–water partition coefficient (Wildman–Crippen LogP) is 2.04. The monoisotopic (exact) mass is 266 g/mol. The molecule has 1 aliphatic heterocycles. The Bertz CT molecular complexity index is 453. The molecule has 1 saturated heterocycles. The molecule has 0 aromatic carbocycles. The van der Waals surface area contributed by atoms with Gasteiger partial charge in [0.15, 0.2) is 0 Å². The van der Waals surface area contributed by atoms with E-state index >= 15 is 0 Å². The molecule has 1 aromatic heterocycles. The molecule has 0 N–H and O–H groups in total. The van der Waals surface area contributed by atoms with Crippen LogP contribution in [0.3, 0.4) is 0 Å². The van der Waals surface area contributed by atoms with Crippen molar-refractivity contribution in [1.82, 2.24) is 9.88 Å². The summed E-state index contributed by atoms with van der Waals surface area (Å²) in [6, 6.07) is 5.96. The summed E-state index contributed by atoms with van der Waals surface area (Å²) in [4.78, 5) is 17.6. The number of pyridine rings is 1. The van der Waals surface area contributed by atoms with Gasteiger partial charge in [-0.1, -0.05) is 6.07 Å². The zero-order chi connectivity index (χ0) is 13.8. The fourth-order valence-electron chi connectivity index (χ4n) is 2.54. The van der Waals surface area contributed by atoms with Crippen molar-refractivity contribution >= 4 is 5.97 Å². The third-order valence-electron chi connectivity index (χ3n) is 3.47. The van der Waals surface area contributed by atoms with Gasteiger partial charge in [0.05, 0.1) is 18.8 Å². The quantitative estimate of drug-likeness (QED) is 0.782. The Morgan fingerprint density at radius 3 is 3.11 bits per heavy atom. The van der Waals surface area contributed by atoms with Crippen LogP contribution in [0.5, 0.6) is 0 Å². The second kappa shape index (κ2) is 6.10. The highest BCUT2D eigenvalue weighted by molar-refractivity contribution is 5.74. The van der Waals surface area contributed by atoms with Gasteiger partial charge in [-0.3, -0.25) is 9.88 Å². The predicted molar refractivity (Wildman–Crippen MR) is 69.4 cm³/mol. The number of nitrogens with zero attached hydrogens (tertiary/aromatic N) is 2. The molecular formula is C14H19FN2O2. The van der Waals surface area contributed by atoms with Crippen LogP contribution in [-0.4, -0.2) is 42.2 Å². The number of rotatable bonds is 4. The van der Waals surface area contributed by atoms with Crippen LogP contribution < -0.4 is 0 Å². The summed E-state index contributed by atoms with van der Waals surface area (Å²) in [5.74, 6) is -0.803. The summed E-state index contributed by atoms with van der Waals surface area (Å²) < 4.78 is 18.1. The minimum atomic E-state index is -1.59. The summed E-state index contributed by atoms with van der Waals surface area (Å²) in [6.07, 6.45) is 0.355. The number of halogens is 1. The lowest BCUT2D eigenvalue weighted by atomic mass is 10.1. The van der Waals surface area contributed by atoms with E-state index in [9.17, 15) is 9.18 Å². The second-order valence-electron chi connectivity index (χ2n) is 4.85. The molecule has 0 saturated carbocycles. The number of aryl methyl sites for hydroxylation is 1. The molecular weight excluding hydrogens is 247 g/mol. The molecule has 1 aliphatic rings. The van der Waals surface area contributed by atoms with Crippen LogP contribution in [-0.2, 0) is 9.53 Å². The molecule has 2 heterocycles. The average molecular weight is 266 g/mol. The average Bonchev–Trinajstić information content (AvgIpc) is 2.85. The first-order chi connectivity index (χ1) is 9.11. The van der Waals surface area contributed by atoms with Gasteiger partial charge in [0.25, 0.3) is 0 Å². The summed E-state index contributed by atoms with van der Waals surface area (Å²) in [7, 11) is 1.21. The molecule has 0 amide bonds. The Kier molecular flexibility index (Phi) is 4.47. The number of aromatic nitrogens is 1. The maximum absolute atomic E-state index is 13.7. The molecule has 0 bridgehead atoms. The Hall–Kier alpha value is -1.49. The van der Waals surface area contributed by atoms with E-state index in [2.05, 4.69) is 9.72 Å². The normalized spacial score (nSPS) is 21.3. The van der Waals surface area contributed by atoms with E-state index < -0.39 is 12.1 Å². The molecule has 4 nitrogen and oxygen atoms in total. The number of carbonyl (C=O) groups excluding carboxylic acids is 1. The lowest BCUT2D eigenvalue weighted by Gasteiger charge is -2.24. The third kappa shape index (κ3) is 3.29. The smallest absolute Gasteiger partial charge is 0.341 e. The number of carbonyl (C=O) groups is 1. The maximum atomic E-state index is 13.7. The van der Waals surface area contributed by atoms with Crippen molar-refractivity contribution in [2.24, 2.45) is 0 Å². The number of methoxy groups -OCH3 is 1. The molecule has 5 heteroatoms. The van der Waals surface area contributed by atoms with E-state index in [0.29, 0.717) is 0 Å². The van der Waals surface area contributed by atoms with Gasteiger partial charge >= 0.3 is 5.97 Å². The van der Waals surface area contributed by atoms with Crippen molar-refractivity contribution in [1.29, 1.82) is 0 Å².